The zero-order valence-corrected chi connectivity index (χ0v) is 15.6. The Kier molecular flexibility index (Phi) is 5.51. The van der Waals surface area contributed by atoms with Crippen LogP contribution in [0.5, 0.6) is 0 Å². The Hall–Kier alpha value is -2.95. The highest BCUT2D eigenvalue weighted by Crippen LogP contribution is 2.23. The van der Waals surface area contributed by atoms with Crippen LogP contribution in [0.1, 0.15) is 22.8 Å². The minimum atomic E-state index is -0.534. The van der Waals surface area contributed by atoms with Gasteiger partial charge in [0.15, 0.2) is 0 Å². The molecule has 0 aliphatic carbocycles. The molecule has 0 unspecified atom stereocenters. The van der Waals surface area contributed by atoms with E-state index in [1.807, 2.05) is 54.6 Å². The molecule has 1 aromatic heterocycles. The van der Waals surface area contributed by atoms with Crippen LogP contribution in [-0.2, 0) is 13.1 Å². The van der Waals surface area contributed by atoms with Crippen molar-refractivity contribution in [3.8, 4) is 0 Å². The molecule has 2 N–H and O–H groups in total. The number of aliphatic hydroxyl groups excluding tert-OH is 1. The number of nitrogens with one attached hydrogen (secondary N) is 1. The fourth-order valence-electron chi connectivity index (χ4n) is 3.52. The van der Waals surface area contributed by atoms with Gasteiger partial charge in [-0.15, -0.1) is 0 Å². The van der Waals surface area contributed by atoms with Gasteiger partial charge in [-0.25, -0.2) is 4.39 Å². The molecular formula is C24H23FN2O. The van der Waals surface area contributed by atoms with E-state index in [2.05, 4.69) is 28.2 Å². The topological polar surface area (TPSA) is 37.2 Å². The summed E-state index contributed by atoms with van der Waals surface area (Å²) in [6.07, 6.45) is 1.60. The van der Waals surface area contributed by atoms with Gasteiger partial charge >= 0.3 is 0 Å². The Labute approximate surface area is 164 Å². The van der Waals surface area contributed by atoms with Crippen LogP contribution in [-0.4, -0.2) is 16.2 Å². The first-order valence-electron chi connectivity index (χ1n) is 9.45. The standard InChI is InChI=1S/C24H23FN2O/c25-21-12-10-18(11-13-21)16-27-17-20(22-8-4-5-9-23(22)27)14-26-15-24(28)19-6-2-1-3-7-19/h1-13,17,24,26,28H,14-16H2/t24-/m1/s1. The third-order valence-corrected chi connectivity index (χ3v) is 4.97. The summed E-state index contributed by atoms with van der Waals surface area (Å²) in [5, 5.41) is 14.9. The van der Waals surface area contributed by atoms with Crippen molar-refractivity contribution in [2.75, 3.05) is 6.54 Å². The van der Waals surface area contributed by atoms with Crippen molar-refractivity contribution >= 4 is 10.9 Å². The Morgan fingerprint density at radius 1 is 0.893 bits per heavy atom. The molecule has 0 radical (unpaired) electrons. The number of nitrogens with zero attached hydrogens (tertiary/aromatic N) is 1. The summed E-state index contributed by atoms with van der Waals surface area (Å²) in [6.45, 7) is 1.84. The van der Waals surface area contributed by atoms with Gasteiger partial charge in [0.2, 0.25) is 0 Å². The first-order valence-corrected chi connectivity index (χ1v) is 9.45. The number of halogens is 1. The maximum Gasteiger partial charge on any atom is 0.123 e. The van der Waals surface area contributed by atoms with Crippen LogP contribution in [0.25, 0.3) is 10.9 Å². The molecule has 4 aromatic rings. The SMILES string of the molecule is O[C@H](CNCc1cn(Cc2ccc(F)cc2)c2ccccc12)c1ccccc1. The molecule has 0 amide bonds. The summed E-state index contributed by atoms with van der Waals surface area (Å²) >= 11 is 0. The molecule has 142 valence electrons. The van der Waals surface area contributed by atoms with Gasteiger partial charge in [-0.05, 0) is 34.9 Å². The summed E-state index contributed by atoms with van der Waals surface area (Å²) in [4.78, 5) is 0. The van der Waals surface area contributed by atoms with Crippen LogP contribution >= 0.6 is 0 Å². The monoisotopic (exact) mass is 374 g/mol. The molecule has 3 nitrogen and oxygen atoms in total. The van der Waals surface area contributed by atoms with E-state index in [1.54, 1.807) is 0 Å². The fraction of sp³-hybridized carbons (Fsp3) is 0.167. The Balaban J connectivity index is 1.49. The minimum absolute atomic E-state index is 0.219. The molecule has 1 atom stereocenters. The molecule has 4 rings (SSSR count). The highest BCUT2D eigenvalue weighted by Gasteiger charge is 2.10. The van der Waals surface area contributed by atoms with Crippen LogP contribution in [0.2, 0.25) is 0 Å². The number of hydrogen-bond donors (Lipinski definition) is 2. The fourth-order valence-corrected chi connectivity index (χ4v) is 3.52. The molecule has 0 aliphatic heterocycles. The van der Waals surface area contributed by atoms with E-state index >= 15 is 0 Å². The van der Waals surface area contributed by atoms with Crippen LogP contribution in [0.15, 0.2) is 85.1 Å². The zero-order chi connectivity index (χ0) is 19.3. The molecular weight excluding hydrogens is 351 g/mol. The zero-order valence-electron chi connectivity index (χ0n) is 15.6. The molecule has 3 aromatic carbocycles. The molecule has 0 aliphatic rings. The van der Waals surface area contributed by atoms with E-state index in [0.717, 1.165) is 16.6 Å². The number of aromatic nitrogens is 1. The molecule has 0 bridgehead atoms. The first kappa shape index (κ1) is 18.4. The quantitative estimate of drug-likeness (QED) is 0.494. The van der Waals surface area contributed by atoms with Crippen molar-refractivity contribution in [1.82, 2.24) is 9.88 Å². The van der Waals surface area contributed by atoms with E-state index in [1.165, 1.54) is 23.1 Å². The Morgan fingerprint density at radius 2 is 1.61 bits per heavy atom. The Morgan fingerprint density at radius 3 is 2.39 bits per heavy atom. The number of aliphatic hydroxyl groups is 1. The molecule has 4 heteroatoms. The van der Waals surface area contributed by atoms with Gasteiger partial charge in [0.05, 0.1) is 6.10 Å². The van der Waals surface area contributed by atoms with Gasteiger partial charge in [-0.3, -0.25) is 0 Å². The summed E-state index contributed by atoms with van der Waals surface area (Å²) in [7, 11) is 0. The van der Waals surface area contributed by atoms with Crippen molar-refractivity contribution in [3.05, 3.63) is 108 Å². The molecule has 28 heavy (non-hydrogen) atoms. The van der Waals surface area contributed by atoms with Crippen LogP contribution in [0, 0.1) is 5.82 Å². The average molecular weight is 374 g/mol. The number of fused-ring (bicyclic) bond motifs is 1. The number of hydrogen-bond acceptors (Lipinski definition) is 2. The van der Waals surface area contributed by atoms with E-state index in [0.29, 0.717) is 19.6 Å². The van der Waals surface area contributed by atoms with Gasteiger partial charge in [-0.1, -0.05) is 60.7 Å². The normalized spacial score (nSPS) is 12.4. The molecule has 0 saturated carbocycles. The van der Waals surface area contributed by atoms with Crippen molar-refractivity contribution < 1.29 is 9.50 Å². The van der Waals surface area contributed by atoms with E-state index in [4.69, 9.17) is 0 Å². The van der Waals surface area contributed by atoms with Crippen molar-refractivity contribution in [2.45, 2.75) is 19.2 Å². The maximum absolute atomic E-state index is 13.2. The summed E-state index contributed by atoms with van der Waals surface area (Å²) in [5.74, 6) is -0.219. The lowest BCUT2D eigenvalue weighted by molar-refractivity contribution is 0.174. The van der Waals surface area contributed by atoms with Gasteiger partial charge in [-0.2, -0.15) is 0 Å². The lowest BCUT2D eigenvalue weighted by atomic mass is 10.1. The summed E-state index contributed by atoms with van der Waals surface area (Å²) < 4.78 is 15.4. The highest BCUT2D eigenvalue weighted by atomic mass is 19.1. The minimum Gasteiger partial charge on any atom is -0.387 e. The smallest absolute Gasteiger partial charge is 0.123 e. The predicted molar refractivity (Wildman–Crippen MR) is 111 cm³/mol. The van der Waals surface area contributed by atoms with E-state index < -0.39 is 6.10 Å². The van der Waals surface area contributed by atoms with Gasteiger partial charge < -0.3 is 15.0 Å². The summed E-state index contributed by atoms with van der Waals surface area (Å²) in [5.41, 5.74) is 4.29. The third kappa shape index (κ3) is 4.14. The highest BCUT2D eigenvalue weighted by molar-refractivity contribution is 5.84. The van der Waals surface area contributed by atoms with Gasteiger partial charge in [0.1, 0.15) is 5.82 Å². The second kappa shape index (κ2) is 8.38. The second-order valence-corrected chi connectivity index (χ2v) is 6.98. The lowest BCUT2D eigenvalue weighted by Gasteiger charge is -2.11. The first-order chi connectivity index (χ1) is 13.7. The lowest BCUT2D eigenvalue weighted by Crippen LogP contribution is -2.20. The maximum atomic E-state index is 13.2. The molecule has 0 fully saturated rings. The number of rotatable bonds is 7. The van der Waals surface area contributed by atoms with Crippen molar-refractivity contribution in [3.63, 3.8) is 0 Å². The van der Waals surface area contributed by atoms with Crippen molar-refractivity contribution in [1.29, 1.82) is 0 Å². The molecule has 0 spiro atoms. The number of benzene rings is 3. The predicted octanol–water partition coefficient (Wildman–Crippen LogP) is 4.65. The van der Waals surface area contributed by atoms with Crippen LogP contribution in [0.4, 0.5) is 4.39 Å². The average Bonchev–Trinajstić information content (AvgIpc) is 3.08. The van der Waals surface area contributed by atoms with E-state index in [-0.39, 0.29) is 5.82 Å². The second-order valence-electron chi connectivity index (χ2n) is 6.98. The Bertz CT molecular complexity index is 1040. The number of para-hydroxylation sites is 1. The van der Waals surface area contributed by atoms with Gasteiger partial charge in [0.25, 0.3) is 0 Å². The molecule has 1 heterocycles. The van der Waals surface area contributed by atoms with Crippen LogP contribution in [0.3, 0.4) is 0 Å². The largest absolute Gasteiger partial charge is 0.387 e. The van der Waals surface area contributed by atoms with Crippen molar-refractivity contribution in [2.24, 2.45) is 0 Å². The van der Waals surface area contributed by atoms with Crippen LogP contribution < -0.4 is 5.32 Å². The third-order valence-electron chi connectivity index (χ3n) is 4.97. The summed E-state index contributed by atoms with van der Waals surface area (Å²) in [6, 6.07) is 24.6. The van der Waals surface area contributed by atoms with Gasteiger partial charge in [0, 0.05) is 36.7 Å². The molecule has 0 saturated heterocycles. The van der Waals surface area contributed by atoms with E-state index in [9.17, 15) is 9.50 Å².